The lowest BCUT2D eigenvalue weighted by molar-refractivity contribution is 0.432. The third-order valence-electron chi connectivity index (χ3n) is 6.21. The van der Waals surface area contributed by atoms with Crippen molar-refractivity contribution < 1.29 is 0 Å². The van der Waals surface area contributed by atoms with E-state index in [-0.39, 0.29) is 0 Å². The van der Waals surface area contributed by atoms with Crippen LogP contribution in [0.3, 0.4) is 0 Å². The average molecular weight is 462 g/mol. The molecule has 1 aromatic carbocycles. The van der Waals surface area contributed by atoms with Gasteiger partial charge in [0.25, 0.3) is 0 Å². The molecule has 1 N–H and O–H groups in total. The number of aromatic nitrogens is 3. The molecule has 1 saturated heterocycles. The van der Waals surface area contributed by atoms with Gasteiger partial charge in [-0.2, -0.15) is 5.10 Å². The molecule has 4 rings (SSSR count). The minimum absolute atomic E-state index is 0.343. The Hall–Kier alpha value is -3.71. The summed E-state index contributed by atoms with van der Waals surface area (Å²) in [6.45, 7) is 18.1. The van der Waals surface area contributed by atoms with E-state index in [9.17, 15) is 0 Å². The number of hydrogen-bond donors (Lipinski definition) is 1. The summed E-state index contributed by atoms with van der Waals surface area (Å²) < 4.78 is 1.77. The van der Waals surface area contributed by atoms with Crippen LogP contribution in [-0.4, -0.2) is 53.3 Å². The molecule has 2 aromatic heterocycles. The number of hydrogen-bond acceptors (Lipinski definition) is 5. The molecule has 2 unspecified atom stereocenters. The van der Waals surface area contributed by atoms with E-state index in [2.05, 4.69) is 83.1 Å². The summed E-state index contributed by atoms with van der Waals surface area (Å²) >= 11 is 0. The van der Waals surface area contributed by atoms with Gasteiger partial charge in [-0.15, -0.1) is 6.58 Å². The van der Waals surface area contributed by atoms with E-state index in [1.54, 1.807) is 28.9 Å². The molecule has 1 fully saturated rings. The normalized spacial score (nSPS) is 19.1. The van der Waals surface area contributed by atoms with Crippen LogP contribution in [0, 0.1) is 0 Å². The average Bonchev–Trinajstić information content (AvgIpc) is 3.27. The van der Waals surface area contributed by atoms with Crippen LogP contribution < -0.4 is 10.2 Å². The number of benzene rings is 1. The molecule has 3 heterocycles. The molecule has 176 valence electrons. The SMILES string of the molecule is [B]C(=C/C(=C)c1cnn2cc(-c3ccc(N4C(C)CNCC4C)cc3)cnc12)/N=C(/C=C)CC=C. The maximum atomic E-state index is 6.09. The maximum Gasteiger partial charge on any atom is 0.162 e. The van der Waals surface area contributed by atoms with Crippen molar-refractivity contribution >= 4 is 30.5 Å². The van der Waals surface area contributed by atoms with Gasteiger partial charge in [0.05, 0.1) is 6.20 Å². The Balaban J connectivity index is 1.56. The van der Waals surface area contributed by atoms with Crippen molar-refractivity contribution in [1.82, 2.24) is 19.9 Å². The largest absolute Gasteiger partial charge is 0.364 e. The first-order chi connectivity index (χ1) is 16.9. The van der Waals surface area contributed by atoms with Crippen molar-refractivity contribution in [2.75, 3.05) is 18.0 Å². The van der Waals surface area contributed by atoms with E-state index in [4.69, 9.17) is 7.85 Å². The number of anilines is 1. The van der Waals surface area contributed by atoms with Crippen LogP contribution in [0.2, 0.25) is 0 Å². The molecule has 0 bridgehead atoms. The zero-order valence-electron chi connectivity index (χ0n) is 20.5. The third kappa shape index (κ3) is 5.36. The molecule has 6 nitrogen and oxygen atoms in total. The quantitative estimate of drug-likeness (QED) is 0.226. The van der Waals surface area contributed by atoms with Gasteiger partial charge >= 0.3 is 0 Å². The second-order valence-corrected chi connectivity index (χ2v) is 8.87. The Bertz CT molecular complexity index is 1290. The highest BCUT2D eigenvalue weighted by Gasteiger charge is 2.24. The molecule has 2 radical (unpaired) electrons. The molecule has 1 aliphatic heterocycles. The molecule has 7 heteroatoms. The lowest BCUT2D eigenvalue weighted by Gasteiger charge is -2.41. The summed E-state index contributed by atoms with van der Waals surface area (Å²) in [5, 5.41) is 7.98. The van der Waals surface area contributed by atoms with Gasteiger partial charge in [-0.1, -0.05) is 31.4 Å². The zero-order valence-corrected chi connectivity index (χ0v) is 20.5. The highest BCUT2D eigenvalue weighted by molar-refractivity contribution is 6.23. The molecule has 35 heavy (non-hydrogen) atoms. The second kappa shape index (κ2) is 10.7. The third-order valence-corrected chi connectivity index (χ3v) is 6.21. The molecule has 1 aliphatic rings. The summed E-state index contributed by atoms with van der Waals surface area (Å²) in [4.78, 5) is 11.5. The van der Waals surface area contributed by atoms with Crippen LogP contribution in [0.25, 0.3) is 22.3 Å². The molecule has 3 aromatic rings. The second-order valence-electron chi connectivity index (χ2n) is 8.87. The Morgan fingerprint density at radius 3 is 2.51 bits per heavy atom. The van der Waals surface area contributed by atoms with Gasteiger partial charge in [0.15, 0.2) is 5.65 Å². The fourth-order valence-electron chi connectivity index (χ4n) is 4.49. The number of nitrogens with zero attached hydrogens (tertiary/aromatic N) is 5. The van der Waals surface area contributed by atoms with Crippen molar-refractivity contribution in [2.45, 2.75) is 32.4 Å². The van der Waals surface area contributed by atoms with E-state index in [1.807, 2.05) is 12.4 Å². The van der Waals surface area contributed by atoms with Crippen LogP contribution in [0.4, 0.5) is 5.69 Å². The van der Waals surface area contributed by atoms with Crippen molar-refractivity contribution in [3.05, 3.63) is 92.0 Å². The molecular formula is C28H31BN6. The predicted molar refractivity (Wildman–Crippen MR) is 148 cm³/mol. The first-order valence-corrected chi connectivity index (χ1v) is 11.8. The lowest BCUT2D eigenvalue weighted by atomic mass is 9.99. The van der Waals surface area contributed by atoms with Gasteiger partial charge in [-0.3, -0.25) is 4.99 Å². The van der Waals surface area contributed by atoms with Crippen LogP contribution in [-0.2, 0) is 0 Å². The first kappa shape index (κ1) is 24.4. The van der Waals surface area contributed by atoms with Crippen molar-refractivity contribution in [2.24, 2.45) is 4.99 Å². The van der Waals surface area contributed by atoms with Crippen LogP contribution in [0.5, 0.6) is 0 Å². The number of piperazine rings is 1. The number of allylic oxidation sites excluding steroid dienone is 4. The predicted octanol–water partition coefficient (Wildman–Crippen LogP) is 4.81. The Morgan fingerprint density at radius 1 is 1.14 bits per heavy atom. The minimum Gasteiger partial charge on any atom is -0.364 e. The van der Waals surface area contributed by atoms with Crippen LogP contribution in [0.15, 0.2) is 91.4 Å². The molecule has 0 aliphatic carbocycles. The fourth-order valence-corrected chi connectivity index (χ4v) is 4.49. The molecule has 0 saturated carbocycles. The van der Waals surface area contributed by atoms with E-state index >= 15 is 0 Å². The molecule has 0 spiro atoms. The number of rotatable bonds is 8. The Kier molecular flexibility index (Phi) is 7.47. The minimum atomic E-state index is 0.343. The molecule has 0 amide bonds. The Morgan fingerprint density at radius 2 is 1.86 bits per heavy atom. The number of fused-ring (bicyclic) bond motifs is 1. The van der Waals surface area contributed by atoms with E-state index in [0.717, 1.165) is 35.5 Å². The first-order valence-electron chi connectivity index (χ1n) is 11.8. The summed E-state index contributed by atoms with van der Waals surface area (Å²) in [5.74, 6) is 0. The monoisotopic (exact) mass is 462 g/mol. The van der Waals surface area contributed by atoms with Gasteiger partial charge in [-0.05, 0) is 54.9 Å². The van der Waals surface area contributed by atoms with Gasteiger partial charge in [-0.25, -0.2) is 9.50 Å². The highest BCUT2D eigenvalue weighted by Crippen LogP contribution is 2.27. The fraction of sp³-hybridized carbons (Fsp3) is 0.250. The summed E-state index contributed by atoms with van der Waals surface area (Å²) in [5.41, 5.74) is 6.61. The van der Waals surface area contributed by atoms with Crippen molar-refractivity contribution in [1.29, 1.82) is 0 Å². The van der Waals surface area contributed by atoms with E-state index in [1.165, 1.54) is 5.69 Å². The summed E-state index contributed by atoms with van der Waals surface area (Å²) in [7, 11) is 6.09. The topological polar surface area (TPSA) is 57.8 Å². The number of aliphatic imine (C=N–C) groups is 1. The maximum absolute atomic E-state index is 6.09. The lowest BCUT2D eigenvalue weighted by Crippen LogP contribution is -2.55. The van der Waals surface area contributed by atoms with E-state index < -0.39 is 0 Å². The van der Waals surface area contributed by atoms with Crippen molar-refractivity contribution in [3.8, 4) is 11.1 Å². The van der Waals surface area contributed by atoms with Gasteiger partial charge in [0.2, 0.25) is 0 Å². The van der Waals surface area contributed by atoms with Crippen molar-refractivity contribution in [3.63, 3.8) is 0 Å². The summed E-state index contributed by atoms with van der Waals surface area (Å²) in [6, 6.07) is 9.57. The van der Waals surface area contributed by atoms with Gasteiger partial charge < -0.3 is 10.2 Å². The summed E-state index contributed by atoms with van der Waals surface area (Å²) in [6.07, 6.45) is 11.3. The van der Waals surface area contributed by atoms with E-state index in [0.29, 0.717) is 35.3 Å². The molecular weight excluding hydrogens is 431 g/mol. The highest BCUT2D eigenvalue weighted by atomic mass is 15.2. The smallest absolute Gasteiger partial charge is 0.162 e. The van der Waals surface area contributed by atoms with Gasteiger partial charge in [0.1, 0.15) is 7.85 Å². The van der Waals surface area contributed by atoms with Crippen LogP contribution >= 0.6 is 0 Å². The van der Waals surface area contributed by atoms with Crippen LogP contribution in [0.1, 0.15) is 25.8 Å². The number of nitrogens with one attached hydrogen (secondary N) is 1. The standard InChI is InChI=1S/C28H31BN6/c1-6-8-24(7-2)33-27(29)13-19(3)26-17-32-34-18-23(16-31-28(26)34)22-9-11-25(12-10-22)35-20(4)14-30-15-21(35)5/h6-7,9-13,16-18,20-21,30H,1-3,8,14-15H2,4-5H3/b27-13-,33-24-. The van der Waals surface area contributed by atoms with Gasteiger partial charge in [0, 0.05) is 66.5 Å². The molecule has 2 atom stereocenters. The Labute approximate surface area is 208 Å². The zero-order chi connectivity index (χ0) is 24.9.